The van der Waals surface area contributed by atoms with Gasteiger partial charge in [0.2, 0.25) is 0 Å². The summed E-state index contributed by atoms with van der Waals surface area (Å²) in [5, 5.41) is 7.86. The molecule has 130 valence electrons. The summed E-state index contributed by atoms with van der Waals surface area (Å²) in [5.74, 6) is -1.19. The van der Waals surface area contributed by atoms with Crippen LogP contribution in [0.15, 0.2) is 24.3 Å². The minimum absolute atomic E-state index is 0.690. The molecule has 23 heavy (non-hydrogen) atoms. The Morgan fingerprint density at radius 2 is 1.87 bits per heavy atom. The Balaban J connectivity index is 0.000000322. The van der Waals surface area contributed by atoms with Gasteiger partial charge in [-0.05, 0) is 36.7 Å². The average Bonchev–Trinajstić information content (AvgIpc) is 2.43. The third kappa shape index (κ3) is 7.54. The van der Waals surface area contributed by atoms with Crippen LogP contribution in [-0.4, -0.2) is 54.9 Å². The highest BCUT2D eigenvalue weighted by Crippen LogP contribution is 2.16. The summed E-state index contributed by atoms with van der Waals surface area (Å²) in [6, 6.07) is 7.46. The van der Waals surface area contributed by atoms with Crippen molar-refractivity contribution in [2.24, 2.45) is 11.7 Å². The summed E-state index contributed by atoms with van der Waals surface area (Å²) in [7, 11) is 0. The number of halogens is 4. The molecule has 1 aliphatic rings. The molecule has 3 N–H and O–H groups in total. The number of likely N-dealkylation sites (tertiary alicyclic amines) is 1. The van der Waals surface area contributed by atoms with Crippen LogP contribution in [0.4, 0.5) is 13.2 Å². The number of hydrogen-bond donors (Lipinski definition) is 2. The Kier molecular flexibility index (Phi) is 7.60. The zero-order chi connectivity index (χ0) is 17.5. The van der Waals surface area contributed by atoms with E-state index >= 15 is 0 Å². The van der Waals surface area contributed by atoms with E-state index in [1.54, 1.807) is 0 Å². The van der Waals surface area contributed by atoms with Crippen LogP contribution in [0.3, 0.4) is 0 Å². The molecule has 0 saturated carbocycles. The number of carboxylic acids is 1. The predicted molar refractivity (Wildman–Crippen MR) is 79.6 cm³/mol. The Labute approximate surface area is 136 Å². The Bertz CT molecular complexity index is 491. The molecule has 1 aromatic rings. The van der Waals surface area contributed by atoms with Crippen molar-refractivity contribution < 1.29 is 27.8 Å². The van der Waals surface area contributed by atoms with Crippen molar-refractivity contribution in [1.29, 1.82) is 0 Å². The van der Waals surface area contributed by atoms with Crippen LogP contribution in [0, 0.1) is 5.92 Å². The lowest BCUT2D eigenvalue weighted by atomic mass is 10.0. The number of rotatable bonds is 5. The van der Waals surface area contributed by atoms with Crippen LogP contribution in [0.5, 0.6) is 5.75 Å². The first kappa shape index (κ1) is 19.5. The second kappa shape index (κ2) is 8.95. The normalized spacial score (nSPS) is 15.3. The molecule has 1 saturated heterocycles. The number of carbonyl (C=O) groups is 1. The van der Waals surface area contributed by atoms with Gasteiger partial charge in [0.25, 0.3) is 0 Å². The minimum Gasteiger partial charge on any atom is -0.492 e. The minimum atomic E-state index is -5.08. The number of nitrogens with zero attached hydrogens (tertiary/aromatic N) is 1. The monoisotopic (exact) mass is 354 g/mol. The van der Waals surface area contributed by atoms with Crippen molar-refractivity contribution >= 4 is 17.6 Å². The largest absolute Gasteiger partial charge is 0.492 e. The topological polar surface area (TPSA) is 75.8 Å². The van der Waals surface area contributed by atoms with Gasteiger partial charge in [-0.3, -0.25) is 4.90 Å². The Morgan fingerprint density at radius 3 is 2.30 bits per heavy atom. The van der Waals surface area contributed by atoms with E-state index in [-0.39, 0.29) is 0 Å². The molecule has 0 atom stereocenters. The number of benzene rings is 1. The molecule has 5 nitrogen and oxygen atoms in total. The first-order valence-corrected chi connectivity index (χ1v) is 7.21. The maximum absolute atomic E-state index is 10.6. The van der Waals surface area contributed by atoms with Crippen molar-refractivity contribution in [3.05, 3.63) is 29.3 Å². The van der Waals surface area contributed by atoms with Crippen molar-refractivity contribution in [3.63, 3.8) is 0 Å². The van der Waals surface area contributed by atoms with E-state index in [0.29, 0.717) is 5.92 Å². The van der Waals surface area contributed by atoms with Crippen molar-refractivity contribution in [1.82, 2.24) is 4.90 Å². The second-order valence-corrected chi connectivity index (χ2v) is 5.40. The van der Waals surface area contributed by atoms with Gasteiger partial charge in [0.15, 0.2) is 0 Å². The third-order valence-corrected chi connectivity index (χ3v) is 3.35. The molecule has 1 aromatic carbocycles. The van der Waals surface area contributed by atoms with Gasteiger partial charge in [0, 0.05) is 24.7 Å². The molecule has 9 heteroatoms. The molecule has 0 amide bonds. The summed E-state index contributed by atoms with van der Waals surface area (Å²) in [5.41, 5.74) is 5.56. The van der Waals surface area contributed by atoms with Crippen LogP contribution in [0.25, 0.3) is 0 Å². The second-order valence-electron chi connectivity index (χ2n) is 4.97. The van der Waals surface area contributed by atoms with Crippen LogP contribution in [-0.2, 0) is 4.79 Å². The molecule has 0 aromatic heterocycles. The fourth-order valence-electron chi connectivity index (χ4n) is 1.83. The molecule has 1 heterocycles. The van der Waals surface area contributed by atoms with Crippen molar-refractivity contribution in [2.45, 2.75) is 6.18 Å². The van der Waals surface area contributed by atoms with Crippen LogP contribution in [0.2, 0.25) is 5.02 Å². The summed E-state index contributed by atoms with van der Waals surface area (Å²) < 4.78 is 37.3. The van der Waals surface area contributed by atoms with E-state index in [9.17, 15) is 13.2 Å². The number of hydrogen-bond acceptors (Lipinski definition) is 4. The van der Waals surface area contributed by atoms with Gasteiger partial charge in [0.05, 0.1) is 0 Å². The molecule has 0 radical (unpaired) electrons. The zero-order valence-electron chi connectivity index (χ0n) is 12.2. The number of nitrogens with two attached hydrogens (primary N) is 1. The predicted octanol–water partition coefficient (Wildman–Crippen LogP) is 2.24. The van der Waals surface area contributed by atoms with Crippen LogP contribution >= 0.6 is 11.6 Å². The van der Waals surface area contributed by atoms with E-state index < -0.39 is 12.1 Å². The molecule has 2 rings (SSSR count). The van der Waals surface area contributed by atoms with E-state index in [1.165, 1.54) is 0 Å². The number of alkyl halides is 3. The van der Waals surface area contributed by atoms with Crippen molar-refractivity contribution in [2.75, 3.05) is 32.8 Å². The first-order valence-electron chi connectivity index (χ1n) is 6.83. The quantitative estimate of drug-likeness (QED) is 0.848. The number of carboxylic acid groups (broad SMARTS) is 1. The number of ether oxygens (including phenoxy) is 1. The molecule has 0 spiro atoms. The molecule has 0 aliphatic carbocycles. The molecular formula is C14H18ClF3N2O3. The van der Waals surface area contributed by atoms with E-state index in [2.05, 4.69) is 4.90 Å². The lowest BCUT2D eigenvalue weighted by Crippen LogP contribution is -2.50. The summed E-state index contributed by atoms with van der Waals surface area (Å²) >= 11 is 5.78. The van der Waals surface area contributed by atoms with Gasteiger partial charge in [-0.1, -0.05) is 11.6 Å². The van der Waals surface area contributed by atoms with Crippen LogP contribution < -0.4 is 10.5 Å². The highest BCUT2D eigenvalue weighted by Gasteiger charge is 2.38. The Hall–Kier alpha value is -1.51. The molecular weight excluding hydrogens is 337 g/mol. The lowest BCUT2D eigenvalue weighted by Gasteiger charge is -2.38. The maximum Gasteiger partial charge on any atom is 0.490 e. The fraction of sp³-hybridized carbons (Fsp3) is 0.500. The summed E-state index contributed by atoms with van der Waals surface area (Å²) in [6.07, 6.45) is -5.08. The fourth-order valence-corrected chi connectivity index (χ4v) is 1.96. The smallest absolute Gasteiger partial charge is 0.490 e. The Morgan fingerprint density at radius 1 is 1.35 bits per heavy atom. The van der Waals surface area contributed by atoms with Gasteiger partial charge in [-0.2, -0.15) is 13.2 Å². The average molecular weight is 355 g/mol. The van der Waals surface area contributed by atoms with Crippen molar-refractivity contribution in [3.8, 4) is 5.75 Å². The van der Waals surface area contributed by atoms with Gasteiger partial charge < -0.3 is 15.6 Å². The molecule has 0 bridgehead atoms. The van der Waals surface area contributed by atoms with Gasteiger partial charge >= 0.3 is 12.1 Å². The maximum atomic E-state index is 10.6. The van der Waals surface area contributed by atoms with Gasteiger partial charge in [-0.25, -0.2) is 4.79 Å². The third-order valence-electron chi connectivity index (χ3n) is 3.10. The summed E-state index contributed by atoms with van der Waals surface area (Å²) in [6.45, 7) is 4.72. The molecule has 1 aliphatic heterocycles. The van der Waals surface area contributed by atoms with Crippen LogP contribution in [0.1, 0.15) is 0 Å². The zero-order valence-corrected chi connectivity index (χ0v) is 13.0. The SMILES string of the molecule is NCC1CN(CCOc2ccc(Cl)cc2)C1.O=C(O)C(F)(F)F. The van der Waals surface area contributed by atoms with E-state index in [0.717, 1.165) is 43.6 Å². The highest BCUT2D eigenvalue weighted by molar-refractivity contribution is 6.30. The first-order chi connectivity index (χ1) is 10.7. The summed E-state index contributed by atoms with van der Waals surface area (Å²) in [4.78, 5) is 11.3. The lowest BCUT2D eigenvalue weighted by molar-refractivity contribution is -0.192. The van der Waals surface area contributed by atoms with Gasteiger partial charge in [0.1, 0.15) is 12.4 Å². The van der Waals surface area contributed by atoms with E-state index in [4.69, 9.17) is 32.0 Å². The number of aliphatic carboxylic acids is 1. The van der Waals surface area contributed by atoms with E-state index in [1.807, 2.05) is 24.3 Å². The standard InChI is InChI=1S/C12H17ClN2O.C2HF3O2/c13-11-1-3-12(4-2-11)16-6-5-15-8-10(7-14)9-15;3-2(4,5)1(6)7/h1-4,10H,5-9,14H2;(H,6,7). The molecule has 1 fully saturated rings. The van der Waals surface area contributed by atoms with Gasteiger partial charge in [-0.15, -0.1) is 0 Å². The highest BCUT2D eigenvalue weighted by atomic mass is 35.5. The molecule has 0 unspecified atom stereocenters.